The Morgan fingerprint density at radius 1 is 1.00 bits per heavy atom. The molecule has 0 aliphatic carbocycles. The summed E-state index contributed by atoms with van der Waals surface area (Å²) in [4.78, 5) is 17.2. The lowest BCUT2D eigenvalue weighted by Crippen LogP contribution is -2.48. The number of benzene rings is 2. The van der Waals surface area contributed by atoms with Crippen molar-refractivity contribution in [1.82, 2.24) is 4.90 Å². The van der Waals surface area contributed by atoms with Crippen molar-refractivity contribution in [3.8, 4) is 0 Å². The van der Waals surface area contributed by atoms with Crippen molar-refractivity contribution in [2.75, 3.05) is 36.4 Å². The molecule has 2 aromatic carbocycles. The van der Waals surface area contributed by atoms with Gasteiger partial charge in [-0.25, -0.2) is 0 Å². The number of carbonyl (C=O) groups is 1. The highest BCUT2D eigenvalue weighted by Crippen LogP contribution is 2.20. The van der Waals surface area contributed by atoms with E-state index in [1.54, 1.807) is 0 Å². The van der Waals surface area contributed by atoms with Gasteiger partial charge in [-0.3, -0.25) is 9.69 Å². The summed E-state index contributed by atoms with van der Waals surface area (Å²) in [6.07, 6.45) is 0. The van der Waals surface area contributed by atoms with Gasteiger partial charge in [-0.15, -0.1) is 0 Å². The van der Waals surface area contributed by atoms with Gasteiger partial charge in [-0.05, 0) is 57.2 Å². The van der Waals surface area contributed by atoms with E-state index in [1.165, 1.54) is 5.69 Å². The quantitative estimate of drug-likeness (QED) is 0.922. The average Bonchev–Trinajstić information content (AvgIpc) is 2.62. The molecule has 1 aliphatic heterocycles. The van der Waals surface area contributed by atoms with Crippen LogP contribution in [0.15, 0.2) is 48.5 Å². The van der Waals surface area contributed by atoms with E-state index in [4.69, 9.17) is 0 Å². The van der Waals surface area contributed by atoms with E-state index in [0.29, 0.717) is 11.6 Å². The van der Waals surface area contributed by atoms with Crippen molar-refractivity contribution in [1.29, 1.82) is 0 Å². The largest absolute Gasteiger partial charge is 0.369 e. The molecule has 0 spiro atoms. The standard InChI is InChI=1S/C21H27N3O/c1-16(2)23-11-13-24(14-12-23)20-9-7-19(8-10-20)22-21(25)18-6-4-5-17(3)15-18/h4-10,15-16H,11-14H2,1-3H3,(H,22,25). The second-order valence-electron chi connectivity index (χ2n) is 6.99. The van der Waals surface area contributed by atoms with E-state index in [1.807, 2.05) is 43.3 Å². The minimum atomic E-state index is -0.0676. The molecule has 3 rings (SSSR count). The molecule has 2 aromatic rings. The van der Waals surface area contributed by atoms with E-state index >= 15 is 0 Å². The molecule has 0 atom stereocenters. The van der Waals surface area contributed by atoms with Gasteiger partial charge in [-0.2, -0.15) is 0 Å². The number of hydrogen-bond acceptors (Lipinski definition) is 3. The van der Waals surface area contributed by atoms with Crippen LogP contribution in [0.2, 0.25) is 0 Å². The van der Waals surface area contributed by atoms with Crippen LogP contribution in [-0.4, -0.2) is 43.0 Å². The van der Waals surface area contributed by atoms with Crippen molar-refractivity contribution in [3.05, 3.63) is 59.7 Å². The number of rotatable bonds is 4. The molecule has 25 heavy (non-hydrogen) atoms. The summed E-state index contributed by atoms with van der Waals surface area (Å²) >= 11 is 0. The highest BCUT2D eigenvalue weighted by Gasteiger charge is 2.18. The van der Waals surface area contributed by atoms with Gasteiger partial charge in [0.05, 0.1) is 0 Å². The van der Waals surface area contributed by atoms with Crippen LogP contribution in [0.3, 0.4) is 0 Å². The Morgan fingerprint density at radius 2 is 1.68 bits per heavy atom. The third-order valence-electron chi connectivity index (χ3n) is 4.82. The number of hydrogen-bond donors (Lipinski definition) is 1. The van der Waals surface area contributed by atoms with Crippen molar-refractivity contribution < 1.29 is 4.79 Å². The maximum Gasteiger partial charge on any atom is 0.255 e. The Balaban J connectivity index is 1.60. The van der Waals surface area contributed by atoms with Crippen molar-refractivity contribution in [2.45, 2.75) is 26.8 Å². The lowest BCUT2D eigenvalue weighted by molar-refractivity contribution is 0.102. The summed E-state index contributed by atoms with van der Waals surface area (Å²) in [7, 11) is 0. The monoisotopic (exact) mass is 337 g/mol. The third-order valence-corrected chi connectivity index (χ3v) is 4.82. The number of anilines is 2. The van der Waals surface area contributed by atoms with E-state index < -0.39 is 0 Å². The third kappa shape index (κ3) is 4.40. The zero-order valence-corrected chi connectivity index (χ0v) is 15.3. The van der Waals surface area contributed by atoms with Crippen LogP contribution in [0.25, 0.3) is 0 Å². The normalized spacial score (nSPS) is 15.4. The lowest BCUT2D eigenvalue weighted by Gasteiger charge is -2.38. The first-order chi connectivity index (χ1) is 12.0. The van der Waals surface area contributed by atoms with Gasteiger partial charge in [0.25, 0.3) is 5.91 Å². The molecule has 0 aromatic heterocycles. The molecular formula is C21H27N3O. The first kappa shape index (κ1) is 17.5. The van der Waals surface area contributed by atoms with Gasteiger partial charge in [0.2, 0.25) is 0 Å². The minimum Gasteiger partial charge on any atom is -0.369 e. The second kappa shape index (κ2) is 7.70. The van der Waals surface area contributed by atoms with Crippen LogP contribution < -0.4 is 10.2 Å². The lowest BCUT2D eigenvalue weighted by atomic mass is 10.1. The predicted octanol–water partition coefficient (Wildman–Crippen LogP) is 3.78. The predicted molar refractivity (Wildman–Crippen MR) is 104 cm³/mol. The summed E-state index contributed by atoms with van der Waals surface area (Å²) < 4.78 is 0. The van der Waals surface area contributed by atoms with E-state index in [9.17, 15) is 4.79 Å². The zero-order chi connectivity index (χ0) is 17.8. The highest BCUT2D eigenvalue weighted by molar-refractivity contribution is 6.04. The summed E-state index contributed by atoms with van der Waals surface area (Å²) in [5.41, 5.74) is 3.82. The molecule has 132 valence electrons. The molecule has 1 fully saturated rings. The van der Waals surface area contributed by atoms with Gasteiger partial charge in [-0.1, -0.05) is 17.7 Å². The molecule has 4 heteroatoms. The Labute approximate surface area is 150 Å². The van der Waals surface area contributed by atoms with Crippen LogP contribution in [0, 0.1) is 6.92 Å². The fraction of sp³-hybridized carbons (Fsp3) is 0.381. The summed E-state index contributed by atoms with van der Waals surface area (Å²) in [5, 5.41) is 2.97. The van der Waals surface area contributed by atoms with Crippen LogP contribution in [0.4, 0.5) is 11.4 Å². The van der Waals surface area contributed by atoms with E-state index in [0.717, 1.165) is 37.4 Å². The molecule has 4 nitrogen and oxygen atoms in total. The average molecular weight is 337 g/mol. The Kier molecular flexibility index (Phi) is 5.39. The van der Waals surface area contributed by atoms with Crippen molar-refractivity contribution in [2.24, 2.45) is 0 Å². The van der Waals surface area contributed by atoms with Crippen LogP contribution in [0.1, 0.15) is 29.8 Å². The second-order valence-corrected chi connectivity index (χ2v) is 6.99. The molecule has 1 heterocycles. The number of aryl methyl sites for hydroxylation is 1. The van der Waals surface area contributed by atoms with Gasteiger partial charge < -0.3 is 10.2 Å². The molecule has 1 aliphatic rings. The highest BCUT2D eigenvalue weighted by atomic mass is 16.1. The van der Waals surface area contributed by atoms with Crippen LogP contribution in [-0.2, 0) is 0 Å². The van der Waals surface area contributed by atoms with Gasteiger partial charge in [0.1, 0.15) is 0 Å². The molecule has 0 unspecified atom stereocenters. The van der Waals surface area contributed by atoms with Crippen molar-refractivity contribution in [3.63, 3.8) is 0 Å². The molecular weight excluding hydrogens is 310 g/mol. The maximum absolute atomic E-state index is 12.3. The van der Waals surface area contributed by atoms with Gasteiger partial charge in [0.15, 0.2) is 0 Å². The zero-order valence-electron chi connectivity index (χ0n) is 15.3. The van der Waals surface area contributed by atoms with Gasteiger partial charge in [0, 0.05) is 49.2 Å². The van der Waals surface area contributed by atoms with Crippen LogP contribution >= 0.6 is 0 Å². The summed E-state index contributed by atoms with van der Waals surface area (Å²) in [5.74, 6) is -0.0676. The smallest absolute Gasteiger partial charge is 0.255 e. The fourth-order valence-electron chi connectivity index (χ4n) is 3.24. The Morgan fingerprint density at radius 3 is 2.28 bits per heavy atom. The number of amides is 1. The first-order valence-corrected chi connectivity index (χ1v) is 9.00. The summed E-state index contributed by atoms with van der Waals surface area (Å²) in [6, 6.07) is 16.4. The topological polar surface area (TPSA) is 35.6 Å². The molecule has 0 radical (unpaired) electrons. The van der Waals surface area contributed by atoms with Crippen molar-refractivity contribution >= 4 is 17.3 Å². The number of nitrogens with zero attached hydrogens (tertiary/aromatic N) is 2. The summed E-state index contributed by atoms with van der Waals surface area (Å²) in [6.45, 7) is 10.8. The SMILES string of the molecule is Cc1cccc(C(=O)Nc2ccc(N3CCN(C(C)C)CC3)cc2)c1. The van der Waals surface area contributed by atoms with E-state index in [2.05, 4.69) is 41.1 Å². The molecule has 0 bridgehead atoms. The maximum atomic E-state index is 12.3. The molecule has 1 amide bonds. The Bertz CT molecular complexity index is 716. The number of nitrogens with one attached hydrogen (secondary N) is 1. The molecule has 1 saturated heterocycles. The molecule has 1 N–H and O–H groups in total. The van der Waals surface area contributed by atoms with Crippen LogP contribution in [0.5, 0.6) is 0 Å². The van der Waals surface area contributed by atoms with Gasteiger partial charge >= 0.3 is 0 Å². The fourth-order valence-corrected chi connectivity index (χ4v) is 3.24. The first-order valence-electron chi connectivity index (χ1n) is 9.00. The molecule has 0 saturated carbocycles. The Hall–Kier alpha value is -2.33. The minimum absolute atomic E-state index is 0.0676. The van der Waals surface area contributed by atoms with E-state index in [-0.39, 0.29) is 5.91 Å². The number of carbonyl (C=O) groups excluding carboxylic acids is 1. The number of piperazine rings is 1.